The first kappa shape index (κ1) is 12.4. The van der Waals surface area contributed by atoms with Gasteiger partial charge in [0.2, 0.25) is 5.91 Å². The van der Waals surface area contributed by atoms with Crippen LogP contribution in [0, 0.1) is 6.92 Å². The van der Waals surface area contributed by atoms with Crippen LogP contribution in [-0.2, 0) is 11.2 Å². The minimum atomic E-state index is -0.302. The molecule has 0 saturated heterocycles. The van der Waals surface area contributed by atoms with Crippen LogP contribution in [0.15, 0.2) is 24.3 Å². The smallest absolute Gasteiger partial charge is 0.217 e. The Balaban J connectivity index is 2.40. The highest BCUT2D eigenvalue weighted by Crippen LogP contribution is 2.23. The zero-order valence-corrected chi connectivity index (χ0v) is 10.6. The molecule has 1 amide bonds. The molecule has 1 aromatic heterocycles. The second kappa shape index (κ2) is 5.04. The van der Waals surface area contributed by atoms with Crippen molar-refractivity contribution in [2.45, 2.75) is 19.8 Å². The summed E-state index contributed by atoms with van der Waals surface area (Å²) in [6.07, 6.45) is 0.909. The number of amides is 1. The van der Waals surface area contributed by atoms with Crippen LogP contribution in [0.3, 0.4) is 0 Å². The Hall–Kier alpha value is -2.10. The highest BCUT2D eigenvalue weighted by molar-refractivity contribution is 5.83. The van der Waals surface area contributed by atoms with E-state index in [1.165, 1.54) is 0 Å². The maximum absolute atomic E-state index is 10.8. The Bertz CT molecular complexity index is 594. The molecule has 2 aromatic rings. The van der Waals surface area contributed by atoms with Gasteiger partial charge in [-0.25, -0.2) is 0 Å². The highest BCUT2D eigenvalue weighted by Gasteiger charge is 2.05. The van der Waals surface area contributed by atoms with E-state index in [1.807, 2.05) is 31.2 Å². The average molecular weight is 244 g/mol. The van der Waals surface area contributed by atoms with Gasteiger partial charge >= 0.3 is 0 Å². The first-order valence-corrected chi connectivity index (χ1v) is 5.82. The number of nitrogens with zero attached hydrogens (tertiary/aromatic N) is 1. The maximum Gasteiger partial charge on any atom is 0.217 e. The summed E-state index contributed by atoms with van der Waals surface area (Å²) in [6.45, 7) is 2.03. The lowest BCUT2D eigenvalue weighted by molar-refractivity contribution is -0.118. The van der Waals surface area contributed by atoms with Crippen molar-refractivity contribution < 1.29 is 9.53 Å². The number of hydrogen-bond acceptors (Lipinski definition) is 3. The fourth-order valence-corrected chi connectivity index (χ4v) is 1.95. The van der Waals surface area contributed by atoms with E-state index in [1.54, 1.807) is 7.11 Å². The van der Waals surface area contributed by atoms with Crippen LogP contribution in [0.2, 0.25) is 0 Å². The largest absolute Gasteiger partial charge is 0.497 e. The van der Waals surface area contributed by atoms with Crippen LogP contribution in [0.4, 0.5) is 0 Å². The second-order valence-electron chi connectivity index (χ2n) is 4.28. The fraction of sp³-hybridized carbons (Fsp3) is 0.286. The van der Waals surface area contributed by atoms with Crippen molar-refractivity contribution in [3.63, 3.8) is 0 Å². The van der Waals surface area contributed by atoms with Gasteiger partial charge in [0.1, 0.15) is 5.75 Å². The second-order valence-corrected chi connectivity index (χ2v) is 4.28. The number of primary amides is 1. The van der Waals surface area contributed by atoms with Crippen LogP contribution in [0.5, 0.6) is 5.75 Å². The van der Waals surface area contributed by atoms with E-state index in [0.717, 1.165) is 27.9 Å². The molecule has 0 saturated carbocycles. The van der Waals surface area contributed by atoms with Gasteiger partial charge in [-0.1, -0.05) is 0 Å². The number of carbonyl (C=O) groups excluding carboxylic acids is 1. The molecule has 4 heteroatoms. The number of benzene rings is 1. The molecule has 0 unspecified atom stereocenters. The standard InChI is InChI=1S/C14H16N2O2/c1-9-7-10(3-6-14(15)17)16-13-5-4-11(18-2)8-12(9)13/h4-5,7-8H,3,6H2,1-2H3,(H2,15,17). The van der Waals surface area contributed by atoms with Crippen molar-refractivity contribution in [1.82, 2.24) is 4.98 Å². The molecule has 0 atom stereocenters. The van der Waals surface area contributed by atoms with E-state index in [0.29, 0.717) is 12.8 Å². The van der Waals surface area contributed by atoms with Gasteiger partial charge in [0.25, 0.3) is 0 Å². The molecule has 1 aromatic carbocycles. The van der Waals surface area contributed by atoms with Crippen molar-refractivity contribution in [2.75, 3.05) is 7.11 Å². The maximum atomic E-state index is 10.8. The molecule has 1 heterocycles. The minimum Gasteiger partial charge on any atom is -0.497 e. The molecule has 0 aliphatic carbocycles. The predicted octanol–water partition coefficient (Wildman–Crippen LogP) is 1.97. The summed E-state index contributed by atoms with van der Waals surface area (Å²) in [4.78, 5) is 15.3. The summed E-state index contributed by atoms with van der Waals surface area (Å²) in [6, 6.07) is 7.77. The number of rotatable bonds is 4. The van der Waals surface area contributed by atoms with E-state index in [-0.39, 0.29) is 5.91 Å². The molecule has 18 heavy (non-hydrogen) atoms. The van der Waals surface area contributed by atoms with Crippen molar-refractivity contribution in [1.29, 1.82) is 0 Å². The third-order valence-corrected chi connectivity index (χ3v) is 2.90. The molecular formula is C14H16N2O2. The number of ether oxygens (including phenoxy) is 1. The molecule has 0 spiro atoms. The third-order valence-electron chi connectivity index (χ3n) is 2.90. The van der Waals surface area contributed by atoms with Gasteiger partial charge in [-0.3, -0.25) is 9.78 Å². The normalized spacial score (nSPS) is 10.6. The Labute approximate surface area is 106 Å². The molecule has 0 aliphatic rings. The summed E-state index contributed by atoms with van der Waals surface area (Å²) in [5.74, 6) is 0.515. The number of fused-ring (bicyclic) bond motifs is 1. The number of aryl methyl sites for hydroxylation is 2. The lowest BCUT2D eigenvalue weighted by Gasteiger charge is -2.07. The Morgan fingerprint density at radius 3 is 2.83 bits per heavy atom. The summed E-state index contributed by atoms with van der Waals surface area (Å²) in [5, 5.41) is 1.07. The summed E-state index contributed by atoms with van der Waals surface area (Å²) in [5.41, 5.74) is 8.07. The lowest BCUT2D eigenvalue weighted by atomic mass is 10.1. The molecule has 2 rings (SSSR count). The number of nitrogens with two attached hydrogens (primary N) is 1. The zero-order valence-electron chi connectivity index (χ0n) is 10.6. The molecule has 0 aliphatic heterocycles. The zero-order chi connectivity index (χ0) is 13.1. The number of carbonyl (C=O) groups is 1. The topological polar surface area (TPSA) is 65.2 Å². The van der Waals surface area contributed by atoms with Crippen molar-refractivity contribution in [3.8, 4) is 5.75 Å². The summed E-state index contributed by atoms with van der Waals surface area (Å²) >= 11 is 0. The quantitative estimate of drug-likeness (QED) is 0.894. The summed E-state index contributed by atoms with van der Waals surface area (Å²) in [7, 11) is 1.64. The van der Waals surface area contributed by atoms with Gasteiger partial charge in [0.05, 0.1) is 12.6 Å². The highest BCUT2D eigenvalue weighted by atomic mass is 16.5. The predicted molar refractivity (Wildman–Crippen MR) is 70.5 cm³/mol. The van der Waals surface area contributed by atoms with Gasteiger partial charge < -0.3 is 10.5 Å². The number of pyridine rings is 1. The number of hydrogen-bond donors (Lipinski definition) is 1. The van der Waals surface area contributed by atoms with E-state index in [9.17, 15) is 4.79 Å². The van der Waals surface area contributed by atoms with Crippen LogP contribution < -0.4 is 10.5 Å². The number of aromatic nitrogens is 1. The molecular weight excluding hydrogens is 228 g/mol. The van der Waals surface area contributed by atoms with Crippen LogP contribution >= 0.6 is 0 Å². The van der Waals surface area contributed by atoms with Crippen LogP contribution in [-0.4, -0.2) is 18.0 Å². The van der Waals surface area contributed by atoms with Crippen LogP contribution in [0.25, 0.3) is 10.9 Å². The van der Waals surface area contributed by atoms with E-state index < -0.39 is 0 Å². The molecule has 0 bridgehead atoms. The van der Waals surface area contributed by atoms with Crippen LogP contribution in [0.1, 0.15) is 17.7 Å². The number of methoxy groups -OCH3 is 1. The van der Waals surface area contributed by atoms with Gasteiger partial charge in [-0.05, 0) is 43.2 Å². The van der Waals surface area contributed by atoms with Gasteiger partial charge in [-0.15, -0.1) is 0 Å². The van der Waals surface area contributed by atoms with Crippen molar-refractivity contribution in [3.05, 3.63) is 35.5 Å². The molecule has 2 N–H and O–H groups in total. The third kappa shape index (κ3) is 2.59. The first-order valence-electron chi connectivity index (χ1n) is 5.82. The lowest BCUT2D eigenvalue weighted by Crippen LogP contribution is -2.11. The molecule has 4 nitrogen and oxygen atoms in total. The molecule has 0 radical (unpaired) electrons. The Kier molecular flexibility index (Phi) is 3.46. The van der Waals surface area contributed by atoms with Gasteiger partial charge in [-0.2, -0.15) is 0 Å². The van der Waals surface area contributed by atoms with Crippen molar-refractivity contribution >= 4 is 16.8 Å². The van der Waals surface area contributed by atoms with Gasteiger partial charge in [0, 0.05) is 17.5 Å². The fourth-order valence-electron chi connectivity index (χ4n) is 1.95. The summed E-state index contributed by atoms with van der Waals surface area (Å²) < 4.78 is 5.20. The SMILES string of the molecule is COc1ccc2nc(CCC(N)=O)cc(C)c2c1. The van der Waals surface area contributed by atoms with Gasteiger partial charge in [0.15, 0.2) is 0 Å². The molecule has 0 fully saturated rings. The van der Waals surface area contributed by atoms with E-state index in [4.69, 9.17) is 10.5 Å². The Morgan fingerprint density at radius 1 is 1.39 bits per heavy atom. The minimum absolute atomic E-state index is 0.302. The first-order chi connectivity index (χ1) is 8.60. The Morgan fingerprint density at radius 2 is 2.17 bits per heavy atom. The monoisotopic (exact) mass is 244 g/mol. The van der Waals surface area contributed by atoms with E-state index >= 15 is 0 Å². The molecule has 94 valence electrons. The van der Waals surface area contributed by atoms with Crippen molar-refractivity contribution in [2.24, 2.45) is 5.73 Å². The average Bonchev–Trinajstić information content (AvgIpc) is 2.36. The van der Waals surface area contributed by atoms with E-state index in [2.05, 4.69) is 4.98 Å².